The Bertz CT molecular complexity index is 125. The molecule has 0 fully saturated rings. The average molecular weight is 166 g/mol. The molecule has 0 aliphatic carbocycles. The molecule has 0 unspecified atom stereocenters. The molecule has 0 saturated carbocycles. The second kappa shape index (κ2) is 4.12. The van der Waals surface area contributed by atoms with E-state index in [0.29, 0.717) is 0 Å². The molecule has 1 N–H and O–H groups in total. The Kier molecular flexibility index (Phi) is 3.80. The van der Waals surface area contributed by atoms with Gasteiger partial charge in [0.1, 0.15) is 0 Å². The normalized spacial score (nSPS) is 10.9. The summed E-state index contributed by atoms with van der Waals surface area (Å²) < 4.78 is 0. The van der Waals surface area contributed by atoms with Gasteiger partial charge in [0, 0.05) is 0 Å². The molecule has 0 amide bonds. The summed E-state index contributed by atoms with van der Waals surface area (Å²) in [4.78, 5) is 21.3. The second-order valence-electron chi connectivity index (χ2n) is 2.69. The molecular formula is C5H10O6. The van der Waals surface area contributed by atoms with E-state index in [9.17, 15) is 4.79 Å². The molecule has 6 heteroatoms. The van der Waals surface area contributed by atoms with E-state index >= 15 is 0 Å². The van der Waals surface area contributed by atoms with E-state index in [2.05, 4.69) is 19.7 Å². The molecular weight excluding hydrogens is 156 g/mol. The van der Waals surface area contributed by atoms with E-state index in [1.165, 1.54) is 0 Å². The molecule has 0 aliphatic heterocycles. The third-order valence-electron chi connectivity index (χ3n) is 0.461. The summed E-state index contributed by atoms with van der Waals surface area (Å²) in [5.74, 6) is 0. The first-order chi connectivity index (χ1) is 4.95. The van der Waals surface area contributed by atoms with Crippen LogP contribution in [0.5, 0.6) is 0 Å². The molecule has 0 heterocycles. The van der Waals surface area contributed by atoms with Crippen molar-refractivity contribution in [3.8, 4) is 0 Å². The van der Waals surface area contributed by atoms with Crippen LogP contribution in [0.2, 0.25) is 0 Å². The second-order valence-corrected chi connectivity index (χ2v) is 2.69. The van der Waals surface area contributed by atoms with Crippen LogP contribution in [-0.4, -0.2) is 17.0 Å². The summed E-state index contributed by atoms with van der Waals surface area (Å²) >= 11 is 0. The maximum absolute atomic E-state index is 10.00. The van der Waals surface area contributed by atoms with Crippen molar-refractivity contribution in [1.29, 1.82) is 0 Å². The molecule has 0 saturated heterocycles. The van der Waals surface area contributed by atoms with E-state index in [-0.39, 0.29) is 0 Å². The largest absolute Gasteiger partial charge is 0.575 e. The fourth-order valence-electron chi connectivity index (χ4n) is 0.162. The summed E-state index contributed by atoms with van der Waals surface area (Å²) in [6, 6.07) is 0. The minimum atomic E-state index is -1.39. The van der Waals surface area contributed by atoms with Gasteiger partial charge < -0.3 is 0 Å². The van der Waals surface area contributed by atoms with Crippen LogP contribution >= 0.6 is 0 Å². The highest BCUT2D eigenvalue weighted by Crippen LogP contribution is 2.06. The third kappa shape index (κ3) is 7.04. The zero-order valence-corrected chi connectivity index (χ0v) is 6.49. The lowest BCUT2D eigenvalue weighted by Crippen LogP contribution is -2.20. The van der Waals surface area contributed by atoms with E-state index in [0.717, 1.165) is 0 Å². The third-order valence-corrected chi connectivity index (χ3v) is 0.461. The zero-order chi connectivity index (χ0) is 8.91. The van der Waals surface area contributed by atoms with Crippen molar-refractivity contribution in [3.63, 3.8) is 0 Å². The van der Waals surface area contributed by atoms with Crippen molar-refractivity contribution in [2.45, 2.75) is 26.4 Å². The zero-order valence-electron chi connectivity index (χ0n) is 6.49. The van der Waals surface area contributed by atoms with Crippen molar-refractivity contribution in [2.75, 3.05) is 0 Å². The number of carbonyl (C=O) groups excluding carboxylic acids is 1. The Labute approximate surface area is 63.4 Å². The quantitative estimate of drug-likeness (QED) is 0.491. The Hall–Kier alpha value is -0.850. The van der Waals surface area contributed by atoms with Gasteiger partial charge in [-0.3, -0.25) is 4.89 Å². The van der Waals surface area contributed by atoms with Crippen molar-refractivity contribution < 1.29 is 29.8 Å². The molecule has 0 bridgehead atoms. The van der Waals surface area contributed by atoms with E-state index in [4.69, 9.17) is 5.26 Å². The minimum Gasteiger partial charge on any atom is -0.260 e. The van der Waals surface area contributed by atoms with Crippen LogP contribution in [0.1, 0.15) is 20.8 Å². The summed E-state index contributed by atoms with van der Waals surface area (Å²) in [6.07, 6.45) is -1.39. The Morgan fingerprint density at radius 1 is 1.36 bits per heavy atom. The highest BCUT2D eigenvalue weighted by Gasteiger charge is 2.14. The van der Waals surface area contributed by atoms with Gasteiger partial charge in [-0.15, -0.1) is 0 Å². The van der Waals surface area contributed by atoms with Gasteiger partial charge in [0.15, 0.2) is 0 Å². The molecule has 6 nitrogen and oxygen atoms in total. The first-order valence-corrected chi connectivity index (χ1v) is 2.83. The molecule has 0 aromatic rings. The predicted molar refractivity (Wildman–Crippen MR) is 32.1 cm³/mol. The maximum Gasteiger partial charge on any atom is 0.575 e. The van der Waals surface area contributed by atoms with E-state index in [1.54, 1.807) is 20.8 Å². The monoisotopic (exact) mass is 166 g/mol. The molecule has 66 valence electrons. The first-order valence-electron chi connectivity index (χ1n) is 2.83. The lowest BCUT2D eigenvalue weighted by Gasteiger charge is -2.14. The van der Waals surface area contributed by atoms with Crippen LogP contribution in [0.4, 0.5) is 4.79 Å². The number of hydrogen-bond acceptors (Lipinski definition) is 6. The number of hydrogen-bond donors (Lipinski definition) is 1. The first kappa shape index (κ1) is 10.2. The Morgan fingerprint density at radius 3 is 2.27 bits per heavy atom. The maximum atomic E-state index is 10.00. The van der Waals surface area contributed by atoms with Crippen molar-refractivity contribution in [2.24, 2.45) is 0 Å². The lowest BCUT2D eigenvalue weighted by molar-refractivity contribution is -0.519. The molecule has 0 aliphatic rings. The van der Waals surface area contributed by atoms with Crippen LogP contribution in [0.15, 0.2) is 0 Å². The van der Waals surface area contributed by atoms with Gasteiger partial charge >= 0.3 is 6.16 Å². The van der Waals surface area contributed by atoms with Crippen molar-refractivity contribution >= 4 is 6.16 Å². The van der Waals surface area contributed by atoms with Gasteiger partial charge in [-0.25, -0.2) is 4.89 Å². The molecule has 11 heavy (non-hydrogen) atoms. The van der Waals surface area contributed by atoms with Gasteiger partial charge in [-0.1, -0.05) is 0 Å². The molecule has 0 aromatic carbocycles. The Balaban J connectivity index is 3.35. The standard InChI is InChI=1S/C5H10O6/c1-5(2,3)10-11-9-4(6)8-7/h7H,1-3H3. The molecule has 0 atom stereocenters. The topological polar surface area (TPSA) is 74.2 Å². The van der Waals surface area contributed by atoms with Gasteiger partial charge in [0.05, 0.1) is 5.60 Å². The average Bonchev–Trinajstić information content (AvgIpc) is 1.85. The molecule has 0 aromatic heterocycles. The van der Waals surface area contributed by atoms with Crippen LogP contribution < -0.4 is 0 Å². The van der Waals surface area contributed by atoms with Gasteiger partial charge in [0.2, 0.25) is 0 Å². The van der Waals surface area contributed by atoms with Crippen LogP contribution in [0, 0.1) is 0 Å². The van der Waals surface area contributed by atoms with E-state index in [1.807, 2.05) is 0 Å². The minimum absolute atomic E-state index is 0.601. The lowest BCUT2D eigenvalue weighted by atomic mass is 10.2. The summed E-state index contributed by atoms with van der Waals surface area (Å²) in [5, 5.41) is 11.6. The van der Waals surface area contributed by atoms with Crippen molar-refractivity contribution in [1.82, 2.24) is 0 Å². The van der Waals surface area contributed by atoms with Gasteiger partial charge in [0.25, 0.3) is 0 Å². The van der Waals surface area contributed by atoms with Gasteiger partial charge in [-0.05, 0) is 25.8 Å². The smallest absolute Gasteiger partial charge is 0.260 e. The number of carbonyl (C=O) groups is 1. The fourth-order valence-corrected chi connectivity index (χ4v) is 0.162. The summed E-state index contributed by atoms with van der Waals surface area (Å²) in [7, 11) is 0. The Morgan fingerprint density at radius 2 is 1.91 bits per heavy atom. The van der Waals surface area contributed by atoms with Crippen LogP contribution in [0.3, 0.4) is 0 Å². The van der Waals surface area contributed by atoms with Crippen molar-refractivity contribution in [3.05, 3.63) is 0 Å². The SMILES string of the molecule is CC(C)(C)OOOC(=O)OO. The molecule has 0 radical (unpaired) electrons. The van der Waals surface area contributed by atoms with Gasteiger partial charge in [-0.2, -0.15) is 14.9 Å². The fraction of sp³-hybridized carbons (Fsp3) is 0.800. The summed E-state index contributed by atoms with van der Waals surface area (Å²) in [5.41, 5.74) is -0.601. The number of rotatable bonds is 2. The highest BCUT2D eigenvalue weighted by molar-refractivity contribution is 5.57. The molecule has 0 spiro atoms. The molecule has 0 rings (SSSR count). The van der Waals surface area contributed by atoms with Crippen LogP contribution in [0.25, 0.3) is 0 Å². The highest BCUT2D eigenvalue weighted by atomic mass is 17.5. The predicted octanol–water partition coefficient (Wildman–Crippen LogP) is 1.27. The summed E-state index contributed by atoms with van der Waals surface area (Å²) in [6.45, 7) is 5.04. The van der Waals surface area contributed by atoms with E-state index < -0.39 is 11.8 Å². The van der Waals surface area contributed by atoms with Crippen LogP contribution in [-0.2, 0) is 19.7 Å².